The molecule has 0 aliphatic heterocycles. The van der Waals surface area contributed by atoms with Crippen LogP contribution >= 0.6 is 0 Å². The van der Waals surface area contributed by atoms with E-state index in [-0.39, 0.29) is 5.97 Å². The number of nitrogens with zero attached hydrogens (tertiary/aromatic N) is 4. The molecule has 0 atom stereocenters. The molecule has 3 rings (SSSR count). The number of aromatic nitrogens is 4. The minimum Gasteiger partial charge on any atom is -0.463 e. The molecule has 3 aromatic rings. The predicted octanol–water partition coefficient (Wildman–Crippen LogP) is 2.73. The first-order valence-electron chi connectivity index (χ1n) is 7.41. The zero-order valence-corrected chi connectivity index (χ0v) is 13.4. The predicted molar refractivity (Wildman–Crippen MR) is 88.1 cm³/mol. The number of fused-ring (bicyclic) bond motifs is 1. The first-order valence-corrected chi connectivity index (χ1v) is 7.41. The van der Waals surface area contributed by atoms with Crippen LogP contribution in [-0.2, 0) is 16.6 Å². The Morgan fingerprint density at radius 1 is 1.39 bits per heavy atom. The molecule has 0 aliphatic rings. The molecule has 23 heavy (non-hydrogen) atoms. The maximum atomic E-state index is 11.8. The highest BCUT2D eigenvalue weighted by Crippen LogP contribution is 2.22. The van der Waals surface area contributed by atoms with Gasteiger partial charge in [-0.05, 0) is 38.1 Å². The smallest absolute Gasteiger partial charge is 0.333 e. The molecule has 0 fully saturated rings. The summed E-state index contributed by atoms with van der Waals surface area (Å²) >= 11 is 0. The molecule has 0 aromatic carbocycles. The minimum absolute atomic E-state index is 0.321. The van der Waals surface area contributed by atoms with Crippen molar-refractivity contribution in [3.05, 3.63) is 47.9 Å². The molecule has 0 saturated carbocycles. The first kappa shape index (κ1) is 15.0. The zero-order chi connectivity index (χ0) is 16.4. The molecule has 0 unspecified atom stereocenters. The van der Waals surface area contributed by atoms with Gasteiger partial charge in [0.15, 0.2) is 0 Å². The molecule has 0 radical (unpaired) electrons. The maximum absolute atomic E-state index is 11.8. The highest BCUT2D eigenvalue weighted by Gasteiger charge is 2.14. The van der Waals surface area contributed by atoms with Crippen LogP contribution in [0.15, 0.2) is 42.4 Å². The summed E-state index contributed by atoms with van der Waals surface area (Å²) in [5.41, 5.74) is 2.21. The van der Waals surface area contributed by atoms with Gasteiger partial charge in [0.2, 0.25) is 0 Å². The lowest BCUT2D eigenvalue weighted by Gasteiger charge is -2.07. The number of pyridine rings is 1. The largest absolute Gasteiger partial charge is 0.463 e. The van der Waals surface area contributed by atoms with Crippen molar-refractivity contribution in [2.75, 3.05) is 6.61 Å². The topological polar surface area (TPSA) is 61.9 Å². The molecule has 6 nitrogen and oxygen atoms in total. The number of carbonyl (C=O) groups excluding carboxylic acids is 1. The Bertz CT molecular complexity index is 889. The van der Waals surface area contributed by atoms with Crippen molar-refractivity contribution in [2.24, 2.45) is 7.05 Å². The van der Waals surface area contributed by atoms with E-state index >= 15 is 0 Å². The van der Waals surface area contributed by atoms with Gasteiger partial charge in [0, 0.05) is 36.0 Å². The number of hydrogen-bond acceptors (Lipinski definition) is 4. The molecule has 3 heterocycles. The summed E-state index contributed by atoms with van der Waals surface area (Å²) in [5, 5.41) is 5.36. The van der Waals surface area contributed by atoms with Crippen LogP contribution in [-0.4, -0.2) is 31.9 Å². The third kappa shape index (κ3) is 2.75. The van der Waals surface area contributed by atoms with Crippen LogP contribution in [0, 0.1) is 0 Å². The summed E-state index contributed by atoms with van der Waals surface area (Å²) < 4.78 is 8.76. The van der Waals surface area contributed by atoms with Crippen LogP contribution < -0.4 is 0 Å². The Morgan fingerprint density at radius 2 is 2.22 bits per heavy atom. The second kappa shape index (κ2) is 6.08. The maximum Gasteiger partial charge on any atom is 0.333 e. The van der Waals surface area contributed by atoms with Crippen molar-refractivity contribution in [1.82, 2.24) is 19.3 Å². The summed E-state index contributed by atoms with van der Waals surface area (Å²) in [6.45, 7) is 3.88. The van der Waals surface area contributed by atoms with Crippen molar-refractivity contribution >= 4 is 23.1 Å². The number of esters is 1. The summed E-state index contributed by atoms with van der Waals surface area (Å²) in [6, 6.07) is 5.91. The zero-order valence-electron chi connectivity index (χ0n) is 13.4. The van der Waals surface area contributed by atoms with Gasteiger partial charge >= 0.3 is 5.97 Å². The fourth-order valence-electron chi connectivity index (χ4n) is 2.52. The highest BCUT2D eigenvalue weighted by molar-refractivity contribution is 5.93. The van der Waals surface area contributed by atoms with E-state index in [0.717, 1.165) is 22.4 Å². The number of hydrogen-bond donors (Lipinski definition) is 0. The van der Waals surface area contributed by atoms with Crippen LogP contribution in [0.4, 0.5) is 0 Å². The third-order valence-electron chi connectivity index (χ3n) is 3.58. The molecule has 118 valence electrons. The van der Waals surface area contributed by atoms with E-state index in [1.54, 1.807) is 37.0 Å². The molecule has 0 spiro atoms. The van der Waals surface area contributed by atoms with E-state index in [1.807, 2.05) is 36.0 Å². The number of rotatable bonds is 4. The van der Waals surface area contributed by atoms with Gasteiger partial charge in [0.25, 0.3) is 0 Å². The third-order valence-corrected chi connectivity index (χ3v) is 3.58. The van der Waals surface area contributed by atoms with Gasteiger partial charge in [-0.15, -0.1) is 0 Å². The Hall–Kier alpha value is -2.89. The van der Waals surface area contributed by atoms with Crippen LogP contribution in [0.3, 0.4) is 0 Å². The number of ether oxygens (including phenoxy) is 1. The van der Waals surface area contributed by atoms with E-state index < -0.39 is 0 Å². The lowest BCUT2D eigenvalue weighted by molar-refractivity contribution is -0.138. The fraction of sp³-hybridized carbons (Fsp3) is 0.235. The molecule has 6 heteroatoms. The summed E-state index contributed by atoms with van der Waals surface area (Å²) in [4.78, 5) is 16.3. The summed E-state index contributed by atoms with van der Waals surface area (Å²) in [5.74, 6) is 0.528. The van der Waals surface area contributed by atoms with Gasteiger partial charge in [-0.2, -0.15) is 5.10 Å². The molecular weight excluding hydrogens is 292 g/mol. The Labute approximate surface area is 134 Å². The van der Waals surface area contributed by atoms with Crippen molar-refractivity contribution < 1.29 is 9.53 Å². The number of carbonyl (C=O) groups is 1. The average molecular weight is 310 g/mol. The van der Waals surface area contributed by atoms with Crippen LogP contribution in [0.25, 0.3) is 22.9 Å². The molecule has 0 amide bonds. The molecule has 0 saturated heterocycles. The van der Waals surface area contributed by atoms with Crippen molar-refractivity contribution in [1.29, 1.82) is 0 Å². The molecule has 0 N–H and O–H groups in total. The van der Waals surface area contributed by atoms with Gasteiger partial charge in [0.1, 0.15) is 11.5 Å². The van der Waals surface area contributed by atoms with Gasteiger partial charge in [-0.25, -0.2) is 9.78 Å². The monoisotopic (exact) mass is 310 g/mol. The van der Waals surface area contributed by atoms with E-state index in [4.69, 9.17) is 4.74 Å². The second-order valence-electron chi connectivity index (χ2n) is 5.20. The van der Waals surface area contributed by atoms with Crippen molar-refractivity contribution in [2.45, 2.75) is 13.8 Å². The van der Waals surface area contributed by atoms with E-state index in [1.165, 1.54) is 0 Å². The second-order valence-corrected chi connectivity index (χ2v) is 5.20. The lowest BCUT2D eigenvalue weighted by atomic mass is 10.2. The van der Waals surface area contributed by atoms with Crippen LogP contribution in [0.1, 0.15) is 19.4 Å². The van der Waals surface area contributed by atoms with Gasteiger partial charge < -0.3 is 4.74 Å². The van der Waals surface area contributed by atoms with Crippen LogP contribution in [0.5, 0.6) is 0 Å². The van der Waals surface area contributed by atoms with Crippen LogP contribution in [0.2, 0.25) is 0 Å². The fourth-order valence-corrected chi connectivity index (χ4v) is 2.52. The Kier molecular flexibility index (Phi) is 3.97. The van der Waals surface area contributed by atoms with E-state index in [0.29, 0.717) is 12.2 Å². The summed E-state index contributed by atoms with van der Waals surface area (Å²) in [6.07, 6.45) is 7.22. The number of aryl methyl sites for hydroxylation is 1. The quantitative estimate of drug-likeness (QED) is 0.549. The van der Waals surface area contributed by atoms with Gasteiger partial charge in [-0.3, -0.25) is 9.25 Å². The minimum atomic E-state index is -0.321. The van der Waals surface area contributed by atoms with Crippen molar-refractivity contribution in [3.8, 4) is 5.82 Å². The average Bonchev–Trinajstić information content (AvgIpc) is 3.11. The Morgan fingerprint density at radius 3 is 3.00 bits per heavy atom. The molecule has 0 bridgehead atoms. The van der Waals surface area contributed by atoms with Gasteiger partial charge in [-0.1, -0.05) is 0 Å². The molecular formula is C17H18N4O2. The Balaban J connectivity index is 2.09. The SMILES string of the molecule is CCOC(=O)/C(C)=C/c1cnn(C)c1-n1ccc2cccnc21. The lowest BCUT2D eigenvalue weighted by Crippen LogP contribution is -2.06. The van der Waals surface area contributed by atoms with E-state index in [2.05, 4.69) is 10.1 Å². The van der Waals surface area contributed by atoms with Gasteiger partial charge in [0.05, 0.1) is 12.8 Å². The van der Waals surface area contributed by atoms with Crippen molar-refractivity contribution in [3.63, 3.8) is 0 Å². The molecule has 3 aromatic heterocycles. The normalized spacial score (nSPS) is 11.9. The highest BCUT2D eigenvalue weighted by atomic mass is 16.5. The summed E-state index contributed by atoms with van der Waals surface area (Å²) in [7, 11) is 1.86. The first-order chi connectivity index (χ1) is 11.1. The van der Waals surface area contributed by atoms with E-state index in [9.17, 15) is 4.79 Å². The standard InChI is InChI=1S/C17H18N4O2/c1-4-23-17(22)12(2)10-14-11-19-20(3)16(14)21-9-7-13-6-5-8-18-15(13)21/h5-11H,4H2,1-3H3/b12-10+. The molecule has 0 aliphatic carbocycles.